The van der Waals surface area contributed by atoms with Crippen molar-refractivity contribution < 1.29 is 9.59 Å². The number of piperidine rings is 1. The molecule has 0 saturated carbocycles. The van der Waals surface area contributed by atoms with Gasteiger partial charge in [-0.3, -0.25) is 9.59 Å². The lowest BCUT2D eigenvalue weighted by Crippen LogP contribution is -2.38. The quantitative estimate of drug-likeness (QED) is 0.828. The minimum absolute atomic E-state index is 0.0134. The Morgan fingerprint density at radius 2 is 1.79 bits per heavy atom. The fourth-order valence-electron chi connectivity index (χ4n) is 4.00. The number of amides is 2. The number of nitrogens with zero attached hydrogens (tertiary/aromatic N) is 3. The Bertz CT molecular complexity index is 873. The Balaban J connectivity index is 1.33. The monoisotopic (exact) mass is 412 g/mol. The highest BCUT2D eigenvalue weighted by Gasteiger charge is 2.26. The molecule has 0 spiro atoms. The Morgan fingerprint density at radius 1 is 1.03 bits per heavy atom. The number of pyridine rings is 1. The second-order valence-corrected chi connectivity index (χ2v) is 8.10. The zero-order valence-corrected chi connectivity index (χ0v) is 17.1. The first-order valence-corrected chi connectivity index (χ1v) is 10.5. The van der Waals surface area contributed by atoms with E-state index >= 15 is 0 Å². The summed E-state index contributed by atoms with van der Waals surface area (Å²) in [5, 5.41) is 3.62. The number of carbonyl (C=O) groups is 2. The van der Waals surface area contributed by atoms with Gasteiger partial charge in [0.1, 0.15) is 5.82 Å². The predicted molar refractivity (Wildman–Crippen MR) is 114 cm³/mol. The molecule has 29 heavy (non-hydrogen) atoms. The number of halogens is 1. The second kappa shape index (κ2) is 8.82. The Kier molecular flexibility index (Phi) is 6.00. The maximum absolute atomic E-state index is 12.7. The van der Waals surface area contributed by atoms with E-state index in [4.69, 9.17) is 11.6 Å². The van der Waals surface area contributed by atoms with E-state index in [2.05, 4.69) is 15.2 Å². The van der Waals surface area contributed by atoms with Crippen molar-refractivity contribution in [1.82, 2.24) is 9.88 Å². The van der Waals surface area contributed by atoms with Gasteiger partial charge in [-0.1, -0.05) is 17.7 Å². The van der Waals surface area contributed by atoms with Crippen LogP contribution in [0.1, 0.15) is 36.0 Å². The summed E-state index contributed by atoms with van der Waals surface area (Å²) in [5.41, 5.74) is 1.31. The Hall–Kier alpha value is -2.60. The summed E-state index contributed by atoms with van der Waals surface area (Å²) in [6, 6.07) is 11.0. The topological polar surface area (TPSA) is 65.5 Å². The van der Waals surface area contributed by atoms with Crippen LogP contribution in [0.15, 0.2) is 42.6 Å². The van der Waals surface area contributed by atoms with E-state index < -0.39 is 0 Å². The van der Waals surface area contributed by atoms with Crippen molar-refractivity contribution in [3.8, 4) is 0 Å². The van der Waals surface area contributed by atoms with Crippen LogP contribution in [0.3, 0.4) is 0 Å². The fourth-order valence-corrected chi connectivity index (χ4v) is 4.11. The van der Waals surface area contributed by atoms with Gasteiger partial charge in [0.25, 0.3) is 5.91 Å². The largest absolute Gasteiger partial charge is 0.357 e. The molecule has 2 aliphatic rings. The summed E-state index contributed by atoms with van der Waals surface area (Å²) in [6.45, 7) is 3.19. The van der Waals surface area contributed by atoms with Gasteiger partial charge in [0.05, 0.1) is 5.02 Å². The zero-order valence-electron chi connectivity index (χ0n) is 16.3. The van der Waals surface area contributed by atoms with Gasteiger partial charge in [-0.15, -0.1) is 0 Å². The molecule has 3 heterocycles. The molecule has 0 unspecified atom stereocenters. The average Bonchev–Trinajstić information content (AvgIpc) is 3.29. The maximum Gasteiger partial charge on any atom is 0.253 e. The normalized spacial score (nSPS) is 17.4. The first-order chi connectivity index (χ1) is 14.1. The van der Waals surface area contributed by atoms with E-state index in [1.165, 1.54) is 0 Å². The lowest BCUT2D eigenvalue weighted by molar-refractivity contribution is -0.120. The molecule has 2 saturated heterocycles. The van der Waals surface area contributed by atoms with Crippen LogP contribution in [0.5, 0.6) is 0 Å². The Labute approximate surface area is 175 Å². The van der Waals surface area contributed by atoms with Crippen molar-refractivity contribution >= 4 is 34.9 Å². The number of nitrogens with one attached hydrogen (secondary N) is 1. The molecule has 1 N–H and O–H groups in total. The van der Waals surface area contributed by atoms with Crippen LogP contribution < -0.4 is 10.2 Å². The number of hydrogen-bond acceptors (Lipinski definition) is 4. The molecule has 1 aromatic carbocycles. The third-order valence-electron chi connectivity index (χ3n) is 5.67. The van der Waals surface area contributed by atoms with E-state index in [-0.39, 0.29) is 17.7 Å². The maximum atomic E-state index is 12.7. The minimum Gasteiger partial charge on any atom is -0.357 e. The number of anilines is 2. The average molecular weight is 413 g/mol. The molecule has 0 atom stereocenters. The smallest absolute Gasteiger partial charge is 0.253 e. The van der Waals surface area contributed by atoms with Crippen LogP contribution in [0, 0.1) is 5.92 Å². The van der Waals surface area contributed by atoms with Crippen LogP contribution >= 0.6 is 11.6 Å². The summed E-state index contributed by atoms with van der Waals surface area (Å²) in [7, 11) is 0. The third-order valence-corrected chi connectivity index (χ3v) is 5.90. The van der Waals surface area contributed by atoms with Gasteiger partial charge in [0.2, 0.25) is 5.91 Å². The lowest BCUT2D eigenvalue weighted by Gasteiger charge is -2.32. The molecule has 6 nitrogen and oxygen atoms in total. The number of aromatic nitrogens is 1. The van der Waals surface area contributed by atoms with Crippen LogP contribution in [-0.4, -0.2) is 47.9 Å². The van der Waals surface area contributed by atoms with Crippen LogP contribution in [0.4, 0.5) is 11.5 Å². The number of carbonyl (C=O) groups excluding carboxylic acids is 2. The molecule has 2 fully saturated rings. The number of likely N-dealkylation sites (tertiary alicyclic amines) is 1. The number of rotatable bonds is 4. The van der Waals surface area contributed by atoms with Gasteiger partial charge in [-0.05, 0) is 56.0 Å². The highest BCUT2D eigenvalue weighted by atomic mass is 35.5. The van der Waals surface area contributed by atoms with Gasteiger partial charge in [0.15, 0.2) is 0 Å². The molecule has 0 aliphatic carbocycles. The van der Waals surface area contributed by atoms with Crippen molar-refractivity contribution in [3.63, 3.8) is 0 Å². The van der Waals surface area contributed by atoms with Gasteiger partial charge in [-0.2, -0.15) is 0 Å². The molecular weight excluding hydrogens is 388 g/mol. The van der Waals surface area contributed by atoms with Crippen molar-refractivity contribution in [3.05, 3.63) is 53.2 Å². The third kappa shape index (κ3) is 4.70. The molecule has 152 valence electrons. The molecule has 7 heteroatoms. The van der Waals surface area contributed by atoms with Gasteiger partial charge < -0.3 is 15.1 Å². The SMILES string of the molecule is O=C(Nc1cccc(C(=O)N2CCCC2)c1)C1CCN(c2ccc(Cl)cn2)CC1. The summed E-state index contributed by atoms with van der Waals surface area (Å²) >= 11 is 5.90. The lowest BCUT2D eigenvalue weighted by atomic mass is 9.95. The van der Waals surface area contributed by atoms with Crippen LogP contribution in [0.2, 0.25) is 5.02 Å². The molecular formula is C22H25ClN4O2. The van der Waals surface area contributed by atoms with E-state index in [0.29, 0.717) is 16.3 Å². The highest BCUT2D eigenvalue weighted by Crippen LogP contribution is 2.24. The Morgan fingerprint density at radius 3 is 2.48 bits per heavy atom. The standard InChI is InChI=1S/C22H25ClN4O2/c23-18-6-7-20(24-15-18)26-12-8-16(9-13-26)21(28)25-19-5-3-4-17(14-19)22(29)27-10-1-2-11-27/h3-7,14-16H,1-2,8-13H2,(H,25,28). The van der Waals surface area contributed by atoms with Crippen LogP contribution in [-0.2, 0) is 4.79 Å². The zero-order chi connectivity index (χ0) is 20.2. The van der Waals surface area contributed by atoms with Crippen molar-refractivity contribution in [2.75, 3.05) is 36.4 Å². The molecule has 0 bridgehead atoms. The van der Waals surface area contributed by atoms with Crippen molar-refractivity contribution in [2.24, 2.45) is 5.92 Å². The van der Waals surface area contributed by atoms with E-state index in [1.54, 1.807) is 12.3 Å². The minimum atomic E-state index is -0.0449. The summed E-state index contributed by atoms with van der Waals surface area (Å²) in [6.07, 6.45) is 5.30. The van der Waals surface area contributed by atoms with Gasteiger partial charge in [-0.25, -0.2) is 4.98 Å². The molecule has 4 rings (SSSR count). The fraction of sp³-hybridized carbons (Fsp3) is 0.409. The number of hydrogen-bond donors (Lipinski definition) is 1. The molecule has 2 aliphatic heterocycles. The van der Waals surface area contributed by atoms with E-state index in [0.717, 1.165) is 57.7 Å². The molecule has 1 aromatic heterocycles. The van der Waals surface area contributed by atoms with Crippen molar-refractivity contribution in [1.29, 1.82) is 0 Å². The van der Waals surface area contributed by atoms with E-state index in [9.17, 15) is 9.59 Å². The first-order valence-electron chi connectivity index (χ1n) is 10.2. The first kappa shape index (κ1) is 19.7. The van der Waals surface area contributed by atoms with Gasteiger partial charge in [0, 0.05) is 49.5 Å². The highest BCUT2D eigenvalue weighted by molar-refractivity contribution is 6.30. The molecule has 0 radical (unpaired) electrons. The van der Waals surface area contributed by atoms with Crippen molar-refractivity contribution in [2.45, 2.75) is 25.7 Å². The molecule has 2 amide bonds. The summed E-state index contributed by atoms with van der Waals surface area (Å²) < 4.78 is 0. The van der Waals surface area contributed by atoms with E-state index in [1.807, 2.05) is 35.2 Å². The molecule has 2 aromatic rings. The van der Waals surface area contributed by atoms with Gasteiger partial charge >= 0.3 is 0 Å². The van der Waals surface area contributed by atoms with Crippen LogP contribution in [0.25, 0.3) is 0 Å². The summed E-state index contributed by atoms with van der Waals surface area (Å²) in [5.74, 6) is 0.903. The number of benzene rings is 1. The summed E-state index contributed by atoms with van der Waals surface area (Å²) in [4.78, 5) is 33.7. The predicted octanol–water partition coefficient (Wildman–Crippen LogP) is 3.83. The second-order valence-electron chi connectivity index (χ2n) is 7.67.